The molecule has 0 unspecified atom stereocenters. The Kier molecular flexibility index (Phi) is 7.29. The quantitative estimate of drug-likeness (QED) is 0.425. The Morgan fingerprint density at radius 2 is 1.57 bits per heavy atom. The van der Waals surface area contributed by atoms with E-state index < -0.39 is 0 Å². The Morgan fingerprint density at radius 3 is 2.32 bits per heavy atom. The van der Waals surface area contributed by atoms with E-state index in [4.69, 9.17) is 4.74 Å². The van der Waals surface area contributed by atoms with Gasteiger partial charge in [0, 0.05) is 6.07 Å². The molecule has 0 bridgehead atoms. The van der Waals surface area contributed by atoms with Crippen molar-refractivity contribution in [1.29, 1.82) is 0 Å². The number of phenols is 1. The molecule has 0 saturated carbocycles. The summed E-state index contributed by atoms with van der Waals surface area (Å²) in [7, 11) is 1.63. The second kappa shape index (κ2) is 10.1. The number of aryl methyl sites for hydroxylation is 1. The van der Waals surface area contributed by atoms with Gasteiger partial charge in [0.2, 0.25) is 0 Å². The van der Waals surface area contributed by atoms with Crippen LogP contribution in [0.1, 0.15) is 63.9 Å². The fourth-order valence-electron chi connectivity index (χ4n) is 3.48. The van der Waals surface area contributed by atoms with Crippen LogP contribution >= 0.6 is 0 Å². The summed E-state index contributed by atoms with van der Waals surface area (Å²) in [5.41, 5.74) is 3.34. The van der Waals surface area contributed by atoms with Crippen LogP contribution in [0.5, 0.6) is 11.5 Å². The highest BCUT2D eigenvalue weighted by Gasteiger charge is 2.10. The summed E-state index contributed by atoms with van der Waals surface area (Å²) in [6.07, 6.45) is 11.5. The third kappa shape index (κ3) is 5.24. The topological polar surface area (TPSA) is 60.2 Å². The fourth-order valence-corrected chi connectivity index (χ4v) is 3.48. The first kappa shape index (κ1) is 20.2. The Morgan fingerprint density at radius 1 is 0.857 bits per heavy atom. The molecule has 0 amide bonds. The van der Waals surface area contributed by atoms with Gasteiger partial charge in [-0.1, -0.05) is 57.9 Å². The molecular weight excluding hydrogens is 350 g/mol. The predicted octanol–water partition coefficient (Wildman–Crippen LogP) is 5.82. The van der Waals surface area contributed by atoms with Gasteiger partial charge in [-0.15, -0.1) is 15.0 Å². The number of fused-ring (bicyclic) bond motifs is 1. The van der Waals surface area contributed by atoms with Crippen molar-refractivity contribution in [2.45, 2.75) is 64.7 Å². The molecule has 0 aliphatic carbocycles. The van der Waals surface area contributed by atoms with Crippen molar-refractivity contribution in [2.24, 2.45) is 0 Å². The van der Waals surface area contributed by atoms with Gasteiger partial charge in [-0.2, -0.15) is 0 Å². The van der Waals surface area contributed by atoms with Crippen LogP contribution in [0, 0.1) is 0 Å². The molecule has 0 aliphatic rings. The van der Waals surface area contributed by atoms with E-state index in [1.807, 2.05) is 30.3 Å². The lowest BCUT2D eigenvalue weighted by molar-refractivity contribution is 0.415. The molecule has 1 aromatic heterocycles. The SMILES string of the molecule is CCCCCCCCCCc1ccc(O)c(-n2nc3ccc(OC)cc3n2)c1. The third-order valence-electron chi connectivity index (χ3n) is 5.16. The minimum absolute atomic E-state index is 0.187. The maximum atomic E-state index is 10.3. The van der Waals surface area contributed by atoms with Crippen molar-refractivity contribution in [1.82, 2.24) is 15.0 Å². The lowest BCUT2D eigenvalue weighted by Gasteiger charge is -2.07. The van der Waals surface area contributed by atoms with Gasteiger partial charge in [0.25, 0.3) is 0 Å². The maximum Gasteiger partial charge on any atom is 0.143 e. The van der Waals surface area contributed by atoms with Crippen molar-refractivity contribution >= 4 is 11.0 Å². The normalized spacial score (nSPS) is 11.2. The van der Waals surface area contributed by atoms with E-state index in [-0.39, 0.29) is 5.75 Å². The number of rotatable bonds is 11. The molecule has 0 fully saturated rings. The van der Waals surface area contributed by atoms with Gasteiger partial charge in [-0.25, -0.2) is 0 Å². The highest BCUT2D eigenvalue weighted by Crippen LogP contribution is 2.25. The summed E-state index contributed by atoms with van der Waals surface area (Å²) >= 11 is 0. The van der Waals surface area contributed by atoms with E-state index in [9.17, 15) is 5.11 Å². The van der Waals surface area contributed by atoms with Crippen molar-refractivity contribution in [3.05, 3.63) is 42.0 Å². The minimum Gasteiger partial charge on any atom is -0.506 e. The Labute approximate surface area is 167 Å². The number of ether oxygens (including phenoxy) is 1. The average Bonchev–Trinajstić information content (AvgIpc) is 3.14. The molecular formula is C23H31N3O2. The van der Waals surface area contributed by atoms with Gasteiger partial charge < -0.3 is 9.84 Å². The zero-order valence-corrected chi connectivity index (χ0v) is 17.0. The van der Waals surface area contributed by atoms with Crippen molar-refractivity contribution in [3.8, 4) is 17.2 Å². The van der Waals surface area contributed by atoms with Crippen LogP contribution in [0.3, 0.4) is 0 Å². The van der Waals surface area contributed by atoms with Crippen LogP contribution in [0.4, 0.5) is 0 Å². The number of methoxy groups -OCH3 is 1. The van der Waals surface area contributed by atoms with Crippen LogP contribution in [-0.4, -0.2) is 27.2 Å². The van der Waals surface area contributed by atoms with E-state index in [1.165, 1.54) is 61.7 Å². The molecule has 150 valence electrons. The molecule has 5 nitrogen and oxygen atoms in total. The van der Waals surface area contributed by atoms with Gasteiger partial charge in [0.15, 0.2) is 0 Å². The molecule has 1 N–H and O–H groups in total. The summed E-state index contributed by atoms with van der Waals surface area (Å²) in [6.45, 7) is 2.25. The van der Waals surface area contributed by atoms with Crippen molar-refractivity contribution < 1.29 is 9.84 Å². The maximum absolute atomic E-state index is 10.3. The number of phenolic OH excluding ortho intramolecular Hbond substituents is 1. The van der Waals surface area contributed by atoms with Crippen LogP contribution < -0.4 is 4.74 Å². The molecule has 0 saturated heterocycles. The third-order valence-corrected chi connectivity index (χ3v) is 5.16. The Hall–Kier alpha value is -2.56. The number of unbranched alkanes of at least 4 members (excludes halogenated alkanes) is 7. The number of hydrogen-bond acceptors (Lipinski definition) is 4. The minimum atomic E-state index is 0.187. The number of aromatic nitrogens is 3. The number of hydrogen-bond donors (Lipinski definition) is 1. The molecule has 28 heavy (non-hydrogen) atoms. The highest BCUT2D eigenvalue weighted by atomic mass is 16.5. The first-order valence-electron chi connectivity index (χ1n) is 10.4. The van der Waals surface area contributed by atoms with Crippen LogP contribution in [0.15, 0.2) is 36.4 Å². The van der Waals surface area contributed by atoms with Gasteiger partial charge in [0.05, 0.1) is 7.11 Å². The van der Waals surface area contributed by atoms with E-state index >= 15 is 0 Å². The van der Waals surface area contributed by atoms with E-state index in [0.717, 1.165) is 23.2 Å². The Bertz CT molecular complexity index is 889. The number of benzene rings is 2. The number of nitrogens with zero attached hydrogens (tertiary/aromatic N) is 3. The second-order valence-corrected chi connectivity index (χ2v) is 7.39. The van der Waals surface area contributed by atoms with Crippen LogP contribution in [-0.2, 0) is 6.42 Å². The largest absolute Gasteiger partial charge is 0.506 e. The second-order valence-electron chi connectivity index (χ2n) is 7.39. The van der Waals surface area contributed by atoms with E-state index in [0.29, 0.717) is 5.69 Å². The average molecular weight is 382 g/mol. The lowest BCUT2D eigenvalue weighted by atomic mass is 10.0. The zero-order chi connectivity index (χ0) is 19.8. The fraction of sp³-hybridized carbons (Fsp3) is 0.478. The summed E-state index contributed by atoms with van der Waals surface area (Å²) < 4.78 is 5.25. The Balaban J connectivity index is 1.60. The first-order valence-corrected chi connectivity index (χ1v) is 10.4. The number of aromatic hydroxyl groups is 1. The molecule has 5 heteroatoms. The van der Waals surface area contributed by atoms with Gasteiger partial charge in [-0.05, 0) is 42.7 Å². The predicted molar refractivity (Wildman–Crippen MR) is 113 cm³/mol. The summed E-state index contributed by atoms with van der Waals surface area (Å²) in [4.78, 5) is 1.51. The molecule has 3 aromatic rings. The van der Waals surface area contributed by atoms with Gasteiger partial charge in [-0.3, -0.25) is 0 Å². The molecule has 3 rings (SSSR count). The molecule has 2 aromatic carbocycles. The smallest absolute Gasteiger partial charge is 0.143 e. The molecule has 0 spiro atoms. The lowest BCUT2D eigenvalue weighted by Crippen LogP contribution is -2.00. The van der Waals surface area contributed by atoms with Crippen LogP contribution in [0.25, 0.3) is 16.7 Å². The van der Waals surface area contributed by atoms with Crippen molar-refractivity contribution in [2.75, 3.05) is 7.11 Å². The zero-order valence-electron chi connectivity index (χ0n) is 17.0. The molecule has 0 atom stereocenters. The first-order chi connectivity index (χ1) is 13.7. The van der Waals surface area contributed by atoms with Crippen molar-refractivity contribution in [3.63, 3.8) is 0 Å². The molecule has 0 radical (unpaired) electrons. The standard InChI is InChI=1S/C23H31N3O2/c1-3-4-5-6-7-8-9-10-11-18-12-15-23(27)22(16-18)26-24-20-14-13-19(28-2)17-21(20)25-26/h12-17,27H,3-11H2,1-2H3. The summed E-state index contributed by atoms with van der Waals surface area (Å²) in [6, 6.07) is 11.3. The molecule has 1 heterocycles. The van der Waals surface area contributed by atoms with Crippen LogP contribution in [0.2, 0.25) is 0 Å². The summed E-state index contributed by atoms with van der Waals surface area (Å²) in [5, 5.41) is 19.3. The summed E-state index contributed by atoms with van der Waals surface area (Å²) in [5.74, 6) is 0.930. The van der Waals surface area contributed by atoms with Gasteiger partial charge >= 0.3 is 0 Å². The van der Waals surface area contributed by atoms with E-state index in [2.05, 4.69) is 17.1 Å². The highest BCUT2D eigenvalue weighted by molar-refractivity contribution is 5.75. The monoisotopic (exact) mass is 381 g/mol. The van der Waals surface area contributed by atoms with E-state index in [1.54, 1.807) is 13.2 Å². The molecule has 0 aliphatic heterocycles. The van der Waals surface area contributed by atoms with Gasteiger partial charge in [0.1, 0.15) is 28.2 Å².